The molecule has 0 aliphatic heterocycles. The third kappa shape index (κ3) is 2.86. The average Bonchev–Trinajstić information content (AvgIpc) is 3.22. The minimum absolute atomic E-state index is 0.660. The van der Waals surface area contributed by atoms with Crippen LogP contribution in [0.15, 0.2) is 34.9 Å². The Labute approximate surface area is 124 Å². The highest BCUT2D eigenvalue weighted by atomic mass is 16.5. The van der Waals surface area contributed by atoms with Crippen LogP contribution in [0.5, 0.6) is 0 Å². The zero-order chi connectivity index (χ0) is 14.1. The van der Waals surface area contributed by atoms with E-state index < -0.39 is 0 Å². The zero-order valence-electron chi connectivity index (χ0n) is 12.2. The fourth-order valence-corrected chi connectivity index (χ4v) is 3.93. The van der Waals surface area contributed by atoms with Gasteiger partial charge in [-0.25, -0.2) is 0 Å². The number of nitrogens with one attached hydrogen (secondary N) is 1. The number of hydrogen-bond donors (Lipinski definition) is 1. The molecule has 3 unspecified atom stereocenters. The molecular formula is C17H21N3O. The SMILES string of the molecule is c1ccc(Cc2noc(CNC3CC4CCC3C4)n2)cc1. The van der Waals surface area contributed by atoms with Gasteiger partial charge in [-0.05, 0) is 36.7 Å². The van der Waals surface area contributed by atoms with E-state index in [-0.39, 0.29) is 0 Å². The van der Waals surface area contributed by atoms with Crippen LogP contribution in [0.3, 0.4) is 0 Å². The molecule has 2 aromatic rings. The van der Waals surface area contributed by atoms with Crippen LogP contribution in [0.1, 0.15) is 43.0 Å². The van der Waals surface area contributed by atoms with Crippen molar-refractivity contribution >= 4 is 0 Å². The monoisotopic (exact) mass is 283 g/mol. The Kier molecular flexibility index (Phi) is 3.47. The molecular weight excluding hydrogens is 262 g/mol. The molecule has 4 nitrogen and oxygen atoms in total. The molecule has 1 aromatic carbocycles. The summed E-state index contributed by atoms with van der Waals surface area (Å²) in [6, 6.07) is 10.9. The largest absolute Gasteiger partial charge is 0.338 e. The van der Waals surface area contributed by atoms with E-state index in [1.807, 2.05) is 18.2 Å². The van der Waals surface area contributed by atoms with E-state index in [0.717, 1.165) is 24.1 Å². The highest BCUT2D eigenvalue weighted by Crippen LogP contribution is 2.44. The third-order valence-corrected chi connectivity index (χ3v) is 4.97. The number of nitrogens with zero attached hydrogens (tertiary/aromatic N) is 2. The summed E-state index contributed by atoms with van der Waals surface area (Å²) in [4.78, 5) is 4.49. The summed E-state index contributed by atoms with van der Waals surface area (Å²) in [6.45, 7) is 0.704. The number of hydrogen-bond acceptors (Lipinski definition) is 4. The second-order valence-electron chi connectivity index (χ2n) is 6.43. The second-order valence-corrected chi connectivity index (χ2v) is 6.43. The first-order chi connectivity index (χ1) is 10.4. The van der Waals surface area contributed by atoms with E-state index in [2.05, 4.69) is 27.6 Å². The van der Waals surface area contributed by atoms with Crippen molar-refractivity contribution in [2.24, 2.45) is 11.8 Å². The molecule has 4 heteroatoms. The maximum atomic E-state index is 5.35. The lowest BCUT2D eigenvalue weighted by Crippen LogP contribution is -2.33. The van der Waals surface area contributed by atoms with Gasteiger partial charge in [0.1, 0.15) is 0 Å². The molecule has 2 saturated carbocycles. The van der Waals surface area contributed by atoms with Crippen molar-refractivity contribution in [2.75, 3.05) is 0 Å². The van der Waals surface area contributed by atoms with Gasteiger partial charge in [-0.15, -0.1) is 0 Å². The quantitative estimate of drug-likeness (QED) is 0.916. The summed E-state index contributed by atoms with van der Waals surface area (Å²) in [6.07, 6.45) is 6.31. The van der Waals surface area contributed by atoms with Gasteiger partial charge in [0.05, 0.1) is 6.54 Å². The Morgan fingerprint density at radius 2 is 2.05 bits per heavy atom. The van der Waals surface area contributed by atoms with Crippen molar-refractivity contribution in [1.82, 2.24) is 15.5 Å². The van der Waals surface area contributed by atoms with Crippen molar-refractivity contribution < 1.29 is 4.52 Å². The normalized spacial score (nSPS) is 27.3. The standard InChI is InChI=1S/C17H21N3O/c1-2-4-12(5-3-1)10-16-19-17(21-20-16)11-18-15-9-13-6-7-14(15)8-13/h1-5,13-15,18H,6-11H2. The Morgan fingerprint density at radius 3 is 2.81 bits per heavy atom. The average molecular weight is 283 g/mol. The maximum absolute atomic E-state index is 5.35. The van der Waals surface area contributed by atoms with Crippen LogP contribution in [-0.2, 0) is 13.0 Å². The molecule has 0 saturated heterocycles. The summed E-state index contributed by atoms with van der Waals surface area (Å²) in [5.74, 6) is 3.32. The van der Waals surface area contributed by atoms with Crippen molar-refractivity contribution in [1.29, 1.82) is 0 Å². The van der Waals surface area contributed by atoms with Gasteiger partial charge in [-0.3, -0.25) is 0 Å². The van der Waals surface area contributed by atoms with E-state index in [0.29, 0.717) is 18.5 Å². The number of aromatic nitrogens is 2. The van der Waals surface area contributed by atoms with Gasteiger partial charge in [0, 0.05) is 12.5 Å². The Hall–Kier alpha value is -1.68. The number of rotatable bonds is 5. The lowest BCUT2D eigenvalue weighted by atomic mass is 9.95. The summed E-state index contributed by atoms with van der Waals surface area (Å²) in [5.41, 5.74) is 1.21. The maximum Gasteiger partial charge on any atom is 0.240 e. The van der Waals surface area contributed by atoms with Crippen LogP contribution in [0.25, 0.3) is 0 Å². The molecule has 1 N–H and O–H groups in total. The number of fused-ring (bicyclic) bond motifs is 2. The Balaban J connectivity index is 1.32. The van der Waals surface area contributed by atoms with Gasteiger partial charge in [0.15, 0.2) is 5.82 Å². The van der Waals surface area contributed by atoms with Gasteiger partial charge in [0.2, 0.25) is 5.89 Å². The molecule has 0 spiro atoms. The Morgan fingerprint density at radius 1 is 1.14 bits per heavy atom. The summed E-state index contributed by atoms with van der Waals surface area (Å²) >= 11 is 0. The van der Waals surface area contributed by atoms with Crippen LogP contribution in [0, 0.1) is 11.8 Å². The number of benzene rings is 1. The minimum atomic E-state index is 0.660. The molecule has 0 radical (unpaired) electrons. The van der Waals surface area contributed by atoms with E-state index in [1.54, 1.807) is 0 Å². The van der Waals surface area contributed by atoms with Crippen LogP contribution >= 0.6 is 0 Å². The molecule has 2 aliphatic rings. The fraction of sp³-hybridized carbons (Fsp3) is 0.529. The van der Waals surface area contributed by atoms with Gasteiger partial charge >= 0.3 is 0 Å². The van der Waals surface area contributed by atoms with Gasteiger partial charge in [-0.2, -0.15) is 4.98 Å². The lowest BCUT2D eigenvalue weighted by Gasteiger charge is -2.21. The molecule has 4 rings (SSSR count). The van der Waals surface area contributed by atoms with Crippen molar-refractivity contribution in [3.05, 3.63) is 47.6 Å². The molecule has 2 fully saturated rings. The molecule has 21 heavy (non-hydrogen) atoms. The predicted octanol–water partition coefficient (Wildman–Crippen LogP) is 2.94. The molecule has 3 atom stereocenters. The van der Waals surface area contributed by atoms with Crippen LogP contribution in [0.4, 0.5) is 0 Å². The molecule has 2 aliphatic carbocycles. The lowest BCUT2D eigenvalue weighted by molar-refractivity contribution is 0.314. The molecule has 110 valence electrons. The molecule has 0 amide bonds. The van der Waals surface area contributed by atoms with E-state index in [9.17, 15) is 0 Å². The molecule has 2 bridgehead atoms. The topological polar surface area (TPSA) is 51.0 Å². The van der Waals surface area contributed by atoms with Crippen molar-refractivity contribution in [2.45, 2.75) is 44.7 Å². The first-order valence-electron chi connectivity index (χ1n) is 7.95. The van der Waals surface area contributed by atoms with Gasteiger partial charge in [0.25, 0.3) is 0 Å². The first-order valence-corrected chi connectivity index (χ1v) is 7.95. The van der Waals surface area contributed by atoms with Crippen LogP contribution in [-0.4, -0.2) is 16.2 Å². The van der Waals surface area contributed by atoms with Crippen molar-refractivity contribution in [3.8, 4) is 0 Å². The highest BCUT2D eigenvalue weighted by Gasteiger charge is 2.39. The first kappa shape index (κ1) is 13.0. The highest BCUT2D eigenvalue weighted by molar-refractivity contribution is 5.18. The predicted molar refractivity (Wildman–Crippen MR) is 79.6 cm³/mol. The fourth-order valence-electron chi connectivity index (χ4n) is 3.93. The van der Waals surface area contributed by atoms with E-state index >= 15 is 0 Å². The van der Waals surface area contributed by atoms with Gasteiger partial charge in [-0.1, -0.05) is 41.9 Å². The minimum Gasteiger partial charge on any atom is -0.338 e. The smallest absolute Gasteiger partial charge is 0.240 e. The van der Waals surface area contributed by atoms with Crippen molar-refractivity contribution in [3.63, 3.8) is 0 Å². The summed E-state index contributed by atoms with van der Waals surface area (Å²) in [5, 5.41) is 7.69. The van der Waals surface area contributed by atoms with Gasteiger partial charge < -0.3 is 9.84 Å². The van der Waals surface area contributed by atoms with Crippen LogP contribution < -0.4 is 5.32 Å². The third-order valence-electron chi connectivity index (χ3n) is 4.97. The van der Waals surface area contributed by atoms with E-state index in [4.69, 9.17) is 4.52 Å². The zero-order valence-corrected chi connectivity index (χ0v) is 12.2. The molecule has 1 heterocycles. The summed E-state index contributed by atoms with van der Waals surface area (Å²) < 4.78 is 5.35. The Bertz CT molecular complexity index is 595. The van der Waals surface area contributed by atoms with E-state index in [1.165, 1.54) is 31.2 Å². The second kappa shape index (κ2) is 5.60. The summed E-state index contributed by atoms with van der Waals surface area (Å²) in [7, 11) is 0. The molecule has 1 aromatic heterocycles. The van der Waals surface area contributed by atoms with Crippen LogP contribution in [0.2, 0.25) is 0 Å².